The van der Waals surface area contributed by atoms with Crippen LogP contribution in [0.4, 0.5) is 0 Å². The Bertz CT molecular complexity index is 1300. The van der Waals surface area contributed by atoms with Crippen molar-refractivity contribution in [1.29, 1.82) is 0 Å². The molecule has 176 valence electrons. The van der Waals surface area contributed by atoms with Crippen molar-refractivity contribution in [3.8, 4) is 17.0 Å². The summed E-state index contributed by atoms with van der Waals surface area (Å²) in [5, 5.41) is 13.0. The number of carbonyl (C=O) groups excluding carboxylic acids is 1. The van der Waals surface area contributed by atoms with Crippen LogP contribution in [0, 0.1) is 6.92 Å². The molecule has 7 nitrogen and oxygen atoms in total. The molecule has 8 heteroatoms. The molecule has 1 amide bonds. The van der Waals surface area contributed by atoms with Crippen molar-refractivity contribution in [2.45, 2.75) is 39.3 Å². The van der Waals surface area contributed by atoms with Crippen LogP contribution in [-0.4, -0.2) is 44.1 Å². The number of halogens is 1. The van der Waals surface area contributed by atoms with Gasteiger partial charge in [0.05, 0.1) is 29.5 Å². The molecule has 3 heterocycles. The van der Waals surface area contributed by atoms with Gasteiger partial charge in [0.2, 0.25) is 0 Å². The van der Waals surface area contributed by atoms with Crippen LogP contribution in [0.1, 0.15) is 35.5 Å². The molecule has 3 aromatic heterocycles. The fourth-order valence-corrected chi connectivity index (χ4v) is 3.89. The van der Waals surface area contributed by atoms with E-state index in [2.05, 4.69) is 10.3 Å². The zero-order valence-corrected chi connectivity index (χ0v) is 20.1. The van der Waals surface area contributed by atoms with Crippen molar-refractivity contribution in [3.05, 3.63) is 82.9 Å². The minimum absolute atomic E-state index is 0.0216. The summed E-state index contributed by atoms with van der Waals surface area (Å²) in [6, 6.07) is 12.2. The van der Waals surface area contributed by atoms with Crippen LogP contribution in [0.2, 0.25) is 5.02 Å². The molecule has 0 fully saturated rings. The first-order valence-electron chi connectivity index (χ1n) is 11.1. The zero-order chi connectivity index (χ0) is 24.2. The van der Waals surface area contributed by atoms with Crippen LogP contribution in [0.5, 0.6) is 5.75 Å². The maximum atomic E-state index is 12.7. The van der Waals surface area contributed by atoms with Crippen LogP contribution in [0.15, 0.2) is 61.1 Å². The van der Waals surface area contributed by atoms with E-state index in [1.165, 1.54) is 0 Å². The van der Waals surface area contributed by atoms with E-state index in [0.717, 1.165) is 28.2 Å². The van der Waals surface area contributed by atoms with Gasteiger partial charge in [-0.25, -0.2) is 4.98 Å². The predicted molar refractivity (Wildman–Crippen MR) is 132 cm³/mol. The fourth-order valence-electron chi connectivity index (χ4n) is 3.66. The fraction of sp³-hybridized carbons (Fsp3) is 0.269. The average molecular weight is 479 g/mol. The summed E-state index contributed by atoms with van der Waals surface area (Å²) in [7, 11) is 0. The summed E-state index contributed by atoms with van der Waals surface area (Å²) in [6.07, 6.45) is 6.06. The highest BCUT2D eigenvalue weighted by molar-refractivity contribution is 6.32. The second-order valence-corrected chi connectivity index (χ2v) is 8.86. The number of nitrogens with one attached hydrogen (secondary N) is 1. The second-order valence-electron chi connectivity index (χ2n) is 8.46. The van der Waals surface area contributed by atoms with E-state index in [1.807, 2.05) is 61.8 Å². The summed E-state index contributed by atoms with van der Waals surface area (Å²) in [4.78, 5) is 21.9. The molecule has 0 saturated carbocycles. The Hall–Kier alpha value is -3.42. The highest BCUT2D eigenvalue weighted by Gasteiger charge is 2.16. The zero-order valence-electron chi connectivity index (χ0n) is 19.3. The number of aryl methyl sites for hydroxylation is 1. The van der Waals surface area contributed by atoms with Crippen LogP contribution in [0.3, 0.4) is 0 Å². The van der Waals surface area contributed by atoms with Gasteiger partial charge in [-0.1, -0.05) is 17.7 Å². The topological polar surface area (TPSA) is 88.8 Å². The Kier molecular flexibility index (Phi) is 7.14. The van der Waals surface area contributed by atoms with Crippen molar-refractivity contribution in [2.24, 2.45) is 0 Å². The molecule has 0 bridgehead atoms. The number of aliphatic hydroxyl groups excluding tert-OH is 1. The lowest BCUT2D eigenvalue weighted by Crippen LogP contribution is -2.39. The average Bonchev–Trinajstić information content (AvgIpc) is 3.26. The molecule has 0 aliphatic carbocycles. The van der Waals surface area contributed by atoms with E-state index in [0.29, 0.717) is 22.8 Å². The van der Waals surface area contributed by atoms with Gasteiger partial charge in [0.25, 0.3) is 5.91 Å². The summed E-state index contributed by atoms with van der Waals surface area (Å²) in [6.45, 7) is 5.62. The number of amides is 1. The van der Waals surface area contributed by atoms with Gasteiger partial charge in [-0.3, -0.25) is 9.78 Å². The molecule has 1 aromatic carbocycles. The largest absolute Gasteiger partial charge is 0.489 e. The Morgan fingerprint density at radius 2 is 2.06 bits per heavy atom. The molecular formula is C26H27ClN4O3. The molecule has 0 aliphatic rings. The van der Waals surface area contributed by atoms with Gasteiger partial charge in [0, 0.05) is 41.8 Å². The number of pyridine rings is 2. The van der Waals surface area contributed by atoms with Gasteiger partial charge in [-0.05, 0) is 62.7 Å². The van der Waals surface area contributed by atoms with Crippen molar-refractivity contribution in [2.75, 3.05) is 6.61 Å². The summed E-state index contributed by atoms with van der Waals surface area (Å²) in [5.74, 6) is 0.200. The first-order chi connectivity index (χ1) is 16.3. The lowest BCUT2D eigenvalue weighted by molar-refractivity contribution is 0.0916. The third-order valence-corrected chi connectivity index (χ3v) is 5.66. The number of aliphatic hydroxyl groups is 1. The normalized spacial score (nSPS) is 12.2. The maximum Gasteiger partial charge on any atom is 0.251 e. The molecule has 0 aliphatic heterocycles. The SMILES string of the molecule is Cc1cccn2cc(-c3ccc(CC(CO)NC(=O)c4ccc(OC(C)C)c(Cl)c4)nc3)nc12. The predicted octanol–water partition coefficient (Wildman–Crippen LogP) is 4.48. The van der Waals surface area contributed by atoms with Crippen molar-refractivity contribution >= 4 is 23.2 Å². The van der Waals surface area contributed by atoms with Crippen LogP contribution < -0.4 is 10.1 Å². The van der Waals surface area contributed by atoms with Crippen LogP contribution >= 0.6 is 11.6 Å². The number of hydrogen-bond acceptors (Lipinski definition) is 5. The van der Waals surface area contributed by atoms with Gasteiger partial charge in [-0.15, -0.1) is 0 Å². The summed E-state index contributed by atoms with van der Waals surface area (Å²) >= 11 is 6.25. The number of hydrogen-bond donors (Lipinski definition) is 2. The highest BCUT2D eigenvalue weighted by atomic mass is 35.5. The number of nitrogens with zero attached hydrogens (tertiary/aromatic N) is 3. The van der Waals surface area contributed by atoms with Gasteiger partial charge >= 0.3 is 0 Å². The first-order valence-corrected chi connectivity index (χ1v) is 11.5. The van der Waals surface area contributed by atoms with Crippen molar-refractivity contribution in [1.82, 2.24) is 19.7 Å². The number of rotatable bonds is 8. The molecule has 4 aromatic rings. The number of benzene rings is 1. The summed E-state index contributed by atoms with van der Waals surface area (Å²) < 4.78 is 7.60. The van der Waals surface area contributed by atoms with E-state index in [9.17, 15) is 9.90 Å². The standard InChI is InChI=1S/C26H27ClN4O3/c1-16(2)34-24-9-7-18(11-22(24)27)26(33)29-21(15-32)12-20-8-6-19(13-28-20)23-14-31-10-4-5-17(3)25(31)30-23/h4-11,13-14,16,21,32H,12,15H2,1-3H3,(H,29,33). The Morgan fingerprint density at radius 1 is 1.24 bits per heavy atom. The molecule has 0 spiro atoms. The van der Waals surface area contributed by atoms with Crippen molar-refractivity contribution < 1.29 is 14.6 Å². The van der Waals surface area contributed by atoms with Gasteiger partial charge in [-0.2, -0.15) is 0 Å². The van der Waals surface area contributed by atoms with E-state index >= 15 is 0 Å². The molecule has 1 unspecified atom stereocenters. The minimum atomic E-state index is -0.492. The van der Waals surface area contributed by atoms with Crippen LogP contribution in [0.25, 0.3) is 16.9 Å². The molecule has 0 radical (unpaired) electrons. The monoisotopic (exact) mass is 478 g/mol. The van der Waals surface area contributed by atoms with E-state index in [4.69, 9.17) is 21.3 Å². The van der Waals surface area contributed by atoms with Crippen molar-refractivity contribution in [3.63, 3.8) is 0 Å². The van der Waals surface area contributed by atoms with E-state index in [-0.39, 0.29) is 18.6 Å². The smallest absolute Gasteiger partial charge is 0.251 e. The third kappa shape index (κ3) is 5.38. The molecule has 34 heavy (non-hydrogen) atoms. The summed E-state index contributed by atoms with van der Waals surface area (Å²) in [5.41, 5.74) is 4.89. The number of carbonyl (C=O) groups is 1. The van der Waals surface area contributed by atoms with E-state index in [1.54, 1.807) is 24.4 Å². The van der Waals surface area contributed by atoms with Gasteiger partial charge in [0.1, 0.15) is 11.4 Å². The second kappa shape index (κ2) is 10.2. The first kappa shape index (κ1) is 23.7. The van der Waals surface area contributed by atoms with Gasteiger partial charge in [0.15, 0.2) is 0 Å². The highest BCUT2D eigenvalue weighted by Crippen LogP contribution is 2.26. The Morgan fingerprint density at radius 3 is 2.71 bits per heavy atom. The molecule has 0 saturated heterocycles. The Balaban J connectivity index is 1.42. The number of imidazole rings is 1. The Labute approximate surface area is 203 Å². The molecule has 2 N–H and O–H groups in total. The quantitative estimate of drug-likeness (QED) is 0.390. The van der Waals surface area contributed by atoms with Gasteiger partial charge < -0.3 is 19.6 Å². The lowest BCUT2D eigenvalue weighted by atomic mass is 10.1. The molecule has 1 atom stereocenters. The molecule has 4 rings (SSSR count). The maximum absolute atomic E-state index is 12.7. The minimum Gasteiger partial charge on any atom is -0.489 e. The number of ether oxygens (including phenoxy) is 1. The number of fused-ring (bicyclic) bond motifs is 1. The lowest BCUT2D eigenvalue weighted by Gasteiger charge is -2.17. The van der Waals surface area contributed by atoms with E-state index < -0.39 is 6.04 Å². The third-order valence-electron chi connectivity index (χ3n) is 5.37. The molecular weight excluding hydrogens is 452 g/mol. The number of aromatic nitrogens is 3. The van der Waals surface area contributed by atoms with Crippen LogP contribution in [-0.2, 0) is 6.42 Å².